The standard InChI is InChI=1S/C10H12N5O7P/c11-10-13-7-5(8(17)14-10)15(2-1-12-7)9(18)6-4(16)3-21-23(19,20)22-6/h1-2,4,16,18H,3H2,(H,19,20)(H4,11,12,13,14,17)/b9-6-. The number of fused-ring (bicyclic) bond motifs is 1. The molecule has 12 nitrogen and oxygen atoms in total. The maximum absolute atomic E-state index is 12.0. The van der Waals surface area contributed by atoms with Gasteiger partial charge >= 0.3 is 7.82 Å². The van der Waals surface area contributed by atoms with E-state index in [1.165, 1.54) is 12.4 Å². The van der Waals surface area contributed by atoms with Crippen LogP contribution >= 0.6 is 7.82 Å². The molecule has 1 saturated heterocycles. The van der Waals surface area contributed by atoms with Gasteiger partial charge in [0, 0.05) is 12.4 Å². The molecule has 0 aromatic carbocycles. The van der Waals surface area contributed by atoms with E-state index in [0.717, 1.165) is 4.90 Å². The molecule has 2 aliphatic heterocycles. The SMILES string of the molecule is Nc1nc2c(c(=O)[nH]1)N(/C(O)=C1/OP(=O)(O)OCC1O)C=CN2. The molecule has 3 heterocycles. The van der Waals surface area contributed by atoms with Crippen molar-refractivity contribution in [3.05, 3.63) is 34.4 Å². The Bertz CT molecular complexity index is 818. The van der Waals surface area contributed by atoms with Crippen LogP contribution in [0.3, 0.4) is 0 Å². The van der Waals surface area contributed by atoms with Crippen molar-refractivity contribution in [2.24, 2.45) is 0 Å². The number of hydrogen-bond acceptors (Lipinski definition) is 10. The highest BCUT2D eigenvalue weighted by Gasteiger charge is 2.38. The smallest absolute Gasteiger partial charge is 0.492 e. The molecule has 1 aromatic heterocycles. The highest BCUT2D eigenvalue weighted by atomic mass is 31.2. The van der Waals surface area contributed by atoms with E-state index in [-0.39, 0.29) is 17.5 Å². The molecular weight excluding hydrogens is 333 g/mol. The number of aromatic nitrogens is 2. The Morgan fingerprint density at radius 2 is 2.30 bits per heavy atom. The highest BCUT2D eigenvalue weighted by molar-refractivity contribution is 7.47. The zero-order valence-corrected chi connectivity index (χ0v) is 12.2. The third kappa shape index (κ3) is 2.75. The minimum atomic E-state index is -4.46. The van der Waals surface area contributed by atoms with Crippen LogP contribution in [0.2, 0.25) is 0 Å². The molecule has 0 radical (unpaired) electrons. The summed E-state index contributed by atoms with van der Waals surface area (Å²) in [4.78, 5) is 28.4. The summed E-state index contributed by atoms with van der Waals surface area (Å²) in [5.74, 6) is -1.50. The number of aromatic amines is 1. The number of H-pyrrole nitrogens is 1. The van der Waals surface area contributed by atoms with Crippen molar-refractivity contribution in [2.75, 3.05) is 22.6 Å². The molecule has 23 heavy (non-hydrogen) atoms. The van der Waals surface area contributed by atoms with E-state index in [1.54, 1.807) is 0 Å². The molecule has 2 aliphatic rings. The van der Waals surface area contributed by atoms with E-state index in [4.69, 9.17) is 5.73 Å². The summed E-state index contributed by atoms with van der Waals surface area (Å²) in [6, 6.07) is 0. The van der Waals surface area contributed by atoms with Gasteiger partial charge in [0.1, 0.15) is 6.10 Å². The van der Waals surface area contributed by atoms with Crippen LogP contribution in [0.1, 0.15) is 0 Å². The van der Waals surface area contributed by atoms with Crippen molar-refractivity contribution in [3.63, 3.8) is 0 Å². The average Bonchev–Trinajstić information content (AvgIpc) is 2.48. The van der Waals surface area contributed by atoms with Gasteiger partial charge in [-0.1, -0.05) is 0 Å². The van der Waals surface area contributed by atoms with Gasteiger partial charge in [-0.25, -0.2) is 4.57 Å². The van der Waals surface area contributed by atoms with E-state index < -0.39 is 37.7 Å². The summed E-state index contributed by atoms with van der Waals surface area (Å²) >= 11 is 0. The predicted octanol–water partition coefficient (Wildman–Crippen LogP) is -0.710. The first kappa shape index (κ1) is 15.4. The van der Waals surface area contributed by atoms with Crippen LogP contribution in [-0.2, 0) is 13.6 Å². The van der Waals surface area contributed by atoms with E-state index in [2.05, 4.69) is 24.3 Å². The van der Waals surface area contributed by atoms with Crippen molar-refractivity contribution in [2.45, 2.75) is 6.10 Å². The highest BCUT2D eigenvalue weighted by Crippen LogP contribution is 2.50. The van der Waals surface area contributed by atoms with Crippen LogP contribution in [-0.4, -0.2) is 37.8 Å². The number of hydrogen-bond donors (Lipinski definition) is 6. The second kappa shape index (κ2) is 5.28. The Labute approximate surface area is 128 Å². The van der Waals surface area contributed by atoms with Crippen LogP contribution in [0.15, 0.2) is 28.8 Å². The fourth-order valence-corrected chi connectivity index (χ4v) is 2.85. The van der Waals surface area contributed by atoms with Gasteiger partial charge in [0.15, 0.2) is 17.3 Å². The third-order valence-corrected chi connectivity index (χ3v) is 3.86. The van der Waals surface area contributed by atoms with Gasteiger partial charge in [0.05, 0.1) is 6.61 Å². The Morgan fingerprint density at radius 1 is 1.57 bits per heavy atom. The number of anilines is 3. The fourth-order valence-electron chi connectivity index (χ4n) is 2.01. The van der Waals surface area contributed by atoms with Gasteiger partial charge in [0.2, 0.25) is 11.8 Å². The van der Waals surface area contributed by atoms with Crippen LogP contribution in [0, 0.1) is 0 Å². The summed E-state index contributed by atoms with van der Waals surface area (Å²) in [5, 5.41) is 22.7. The third-order valence-electron chi connectivity index (χ3n) is 2.96. The number of nitrogen functional groups attached to an aromatic ring is 1. The fraction of sp³-hybridized carbons (Fsp3) is 0.200. The Morgan fingerprint density at radius 3 is 3.04 bits per heavy atom. The lowest BCUT2D eigenvalue weighted by atomic mass is 10.3. The molecule has 0 aliphatic carbocycles. The van der Waals surface area contributed by atoms with Gasteiger partial charge in [-0.3, -0.25) is 24.1 Å². The normalized spacial score (nSPS) is 28.6. The number of aliphatic hydroxyl groups is 2. The number of rotatable bonds is 1. The quantitative estimate of drug-likeness (QED) is 0.279. The van der Waals surface area contributed by atoms with Crippen LogP contribution in [0.4, 0.5) is 17.5 Å². The van der Waals surface area contributed by atoms with Gasteiger partial charge in [-0.05, 0) is 0 Å². The topological polar surface area (TPSA) is 183 Å². The maximum Gasteiger partial charge on any atom is 0.527 e. The Kier molecular flexibility index (Phi) is 3.53. The van der Waals surface area contributed by atoms with Crippen LogP contribution in [0.25, 0.3) is 0 Å². The Balaban J connectivity index is 2.10. The lowest BCUT2D eigenvalue weighted by molar-refractivity contribution is 0.0299. The summed E-state index contributed by atoms with van der Waals surface area (Å²) in [7, 11) is -4.46. The first-order chi connectivity index (χ1) is 10.8. The van der Waals surface area contributed by atoms with Crippen molar-refractivity contribution in [3.8, 4) is 0 Å². The number of nitrogens with zero attached hydrogens (tertiary/aromatic N) is 2. The summed E-state index contributed by atoms with van der Waals surface area (Å²) in [5.41, 5.74) is 4.59. The molecule has 2 unspecified atom stereocenters. The molecule has 0 saturated carbocycles. The van der Waals surface area contributed by atoms with Crippen molar-refractivity contribution >= 4 is 25.3 Å². The van der Waals surface area contributed by atoms with Crippen molar-refractivity contribution < 1.29 is 28.7 Å². The van der Waals surface area contributed by atoms with E-state index in [0.29, 0.717) is 0 Å². The molecule has 2 atom stereocenters. The number of phosphoric acid groups is 1. The molecular formula is C10H12N5O7P. The lowest BCUT2D eigenvalue weighted by Gasteiger charge is -2.29. The van der Waals surface area contributed by atoms with E-state index in [1.807, 2.05) is 0 Å². The molecule has 124 valence electrons. The van der Waals surface area contributed by atoms with Crippen LogP contribution in [0.5, 0.6) is 0 Å². The predicted molar refractivity (Wildman–Crippen MR) is 77.0 cm³/mol. The maximum atomic E-state index is 12.0. The number of nitrogens with two attached hydrogens (primary N) is 1. The number of phosphoric ester groups is 1. The minimum absolute atomic E-state index is 0.0367. The van der Waals surface area contributed by atoms with Crippen molar-refractivity contribution in [1.82, 2.24) is 9.97 Å². The van der Waals surface area contributed by atoms with E-state index in [9.17, 15) is 24.5 Å². The van der Waals surface area contributed by atoms with E-state index >= 15 is 0 Å². The van der Waals surface area contributed by atoms with Gasteiger partial charge in [-0.15, -0.1) is 0 Å². The van der Waals surface area contributed by atoms with Crippen molar-refractivity contribution in [1.29, 1.82) is 0 Å². The molecule has 3 rings (SSSR count). The summed E-state index contributed by atoms with van der Waals surface area (Å²) in [6.07, 6.45) is 1.05. The molecule has 1 aromatic rings. The first-order valence-electron chi connectivity index (χ1n) is 6.19. The van der Waals surface area contributed by atoms with Gasteiger partial charge in [-0.2, -0.15) is 4.98 Å². The monoisotopic (exact) mass is 345 g/mol. The summed E-state index contributed by atoms with van der Waals surface area (Å²) < 4.78 is 20.4. The summed E-state index contributed by atoms with van der Waals surface area (Å²) in [6.45, 7) is -0.563. The molecule has 0 spiro atoms. The minimum Gasteiger partial charge on any atom is -0.492 e. The van der Waals surface area contributed by atoms with Gasteiger partial charge < -0.3 is 25.8 Å². The Hall–Kier alpha value is -2.53. The first-order valence-corrected chi connectivity index (χ1v) is 7.68. The van der Waals surface area contributed by atoms with Crippen LogP contribution < -0.4 is 21.5 Å². The molecule has 1 fully saturated rings. The van der Waals surface area contributed by atoms with Gasteiger partial charge in [0.25, 0.3) is 5.56 Å². The number of nitrogens with one attached hydrogen (secondary N) is 2. The lowest BCUT2D eigenvalue weighted by Crippen LogP contribution is -2.33. The second-order valence-electron chi connectivity index (χ2n) is 4.54. The molecule has 13 heteroatoms. The largest absolute Gasteiger partial charge is 0.527 e. The second-order valence-corrected chi connectivity index (χ2v) is 5.92. The molecule has 7 N–H and O–H groups in total. The number of aliphatic hydroxyl groups excluding tert-OH is 2. The zero-order valence-electron chi connectivity index (χ0n) is 11.3. The average molecular weight is 345 g/mol. The zero-order chi connectivity index (χ0) is 16.8. The molecule has 0 amide bonds. The molecule has 0 bridgehead atoms.